The van der Waals surface area contributed by atoms with E-state index in [0.29, 0.717) is 0 Å². The molecule has 47 heteroatoms. The van der Waals surface area contributed by atoms with E-state index in [9.17, 15) is 92.2 Å². The topological polar surface area (TPSA) is 261 Å². The molecule has 0 aromatic heterocycles. The van der Waals surface area contributed by atoms with Crippen LogP contribution in [0.3, 0.4) is 0 Å². The number of carboxylic acid groups (broad SMARTS) is 7. The van der Waals surface area contributed by atoms with Gasteiger partial charge < -0.3 is 35.7 Å². The summed E-state index contributed by atoms with van der Waals surface area (Å²) in [5.74, 6) is -19.3. The molecule has 0 rings (SSSR count). The molecule has 0 saturated heterocycles. The normalized spacial score (nSPS) is 9.07. The first-order valence-electron chi connectivity index (χ1n) is 8.71. The number of carboxylic acids is 7. The molecule has 0 unspecified atom stereocenters. The average molecular weight is 2090 g/mol. The smallest absolute Gasteiger partial charge is 0.475 e. The average Bonchev–Trinajstić information content (AvgIpc) is 2.77. The van der Waals surface area contributed by atoms with E-state index in [1.165, 1.54) is 0 Å². The van der Waals surface area contributed by atoms with Gasteiger partial charge in [0.05, 0.1) is 0 Å². The van der Waals surface area contributed by atoms with Crippen LogP contribution in [0.25, 0.3) is 0 Å². The fraction of sp³-hybridized carbons (Fsp3) is 0.500. The van der Waals surface area contributed by atoms with E-state index in [0.717, 1.165) is 0 Å². The van der Waals surface area contributed by atoms with E-state index >= 15 is 0 Å². The van der Waals surface area contributed by atoms with E-state index in [1.807, 2.05) is 0 Å². The number of carbonyl (C=O) groups is 7. The van der Waals surface area contributed by atoms with Crippen LogP contribution >= 0.6 is 0 Å². The Morgan fingerprint density at radius 3 is 0.197 bits per heavy atom. The fourth-order valence-electron chi connectivity index (χ4n) is 0. The van der Waals surface area contributed by atoms with Gasteiger partial charge in [0, 0.05) is 0 Å². The van der Waals surface area contributed by atoms with Crippen molar-refractivity contribution in [1.82, 2.24) is 0 Å². The number of hydrogen-bond donors (Lipinski definition) is 7. The Labute approximate surface area is 507 Å². The maximum atomic E-state index is 10.6. The van der Waals surface area contributed by atoms with Gasteiger partial charge >= 0.3 is 354 Å². The minimum absolute atomic E-state index is 0. The molecule has 0 saturated carbocycles. The largest absolute Gasteiger partial charge is 1.00 e. The third kappa shape index (κ3) is 116. The van der Waals surface area contributed by atoms with Crippen molar-refractivity contribution in [2.45, 2.75) is 43.2 Å². The maximum absolute atomic E-state index is 10.6. The van der Waals surface area contributed by atoms with Crippen LogP contribution in [-0.2, 0) is 302 Å². The van der Waals surface area contributed by atoms with Crippen LogP contribution in [0, 0.1) is 0 Å². The monoisotopic (exact) mass is 2080 g/mol. The number of hydrogen-bond acceptors (Lipinski definition) is 7. The van der Waals surface area contributed by atoms with Crippen LogP contribution in [0.4, 0.5) is 92.2 Å². The van der Waals surface area contributed by atoms with E-state index in [-0.39, 0.29) is 269 Å². The molecule has 0 atom stereocenters. The third-order valence-electron chi connectivity index (χ3n) is 1.70. The molecular weight excluding hydrogens is 2090 g/mol. The summed E-state index contributed by atoms with van der Waals surface area (Å²) < 4.78 is 222. The second-order valence-electron chi connectivity index (χ2n) is 5.62. The van der Waals surface area contributed by atoms with Crippen LogP contribution in [0.1, 0.15) is 0 Å². The van der Waals surface area contributed by atoms with Crippen LogP contribution in [0.15, 0.2) is 0 Å². The van der Waals surface area contributed by atoms with Crippen LogP contribution in [0.2, 0.25) is 0 Å². The molecule has 0 aliphatic carbocycles. The van der Waals surface area contributed by atoms with Crippen molar-refractivity contribution < 1.29 is 430 Å². The number of alkyl halides is 21. The zero-order valence-electron chi connectivity index (χ0n) is 24.5. The van der Waals surface area contributed by atoms with E-state index in [4.69, 9.17) is 69.3 Å². The van der Waals surface area contributed by atoms with Gasteiger partial charge in [0.25, 0.3) is 0 Å². The Balaban J connectivity index is -0.0000000192. The summed E-state index contributed by atoms with van der Waals surface area (Å²) in [5.41, 5.74) is 0. The number of halogens is 21. The number of aliphatic carboxylic acids is 7. The molecule has 14 nitrogen and oxygen atoms in total. The van der Waals surface area contributed by atoms with Crippen molar-refractivity contribution in [3.8, 4) is 0 Å². The quantitative estimate of drug-likeness (QED) is 0.131. The van der Waals surface area contributed by atoms with Crippen molar-refractivity contribution >= 4 is 41.8 Å². The first-order chi connectivity index (χ1) is 20.6. The van der Waals surface area contributed by atoms with Crippen molar-refractivity contribution in [3.05, 3.63) is 0 Å². The molecular formula is C14H7Ag12F21O14+12. The van der Waals surface area contributed by atoms with Crippen molar-refractivity contribution in [2.24, 2.45) is 0 Å². The van der Waals surface area contributed by atoms with Gasteiger partial charge in [-0.3, -0.25) is 0 Å². The summed E-state index contributed by atoms with van der Waals surface area (Å²) in [4.78, 5) is 62.3. The van der Waals surface area contributed by atoms with Gasteiger partial charge in [-0.1, -0.05) is 0 Å². The summed E-state index contributed by atoms with van der Waals surface area (Å²) in [6.07, 6.45) is -35.6. The molecule has 7 N–H and O–H groups in total. The summed E-state index contributed by atoms with van der Waals surface area (Å²) in [5, 5.41) is 49.9. The summed E-state index contributed by atoms with van der Waals surface area (Å²) in [6.45, 7) is 0. The van der Waals surface area contributed by atoms with Crippen LogP contribution < -0.4 is 0 Å². The summed E-state index contributed by atoms with van der Waals surface area (Å²) in [7, 11) is 0. The van der Waals surface area contributed by atoms with Gasteiger partial charge in [-0.05, 0) is 0 Å². The molecule has 0 heterocycles. The molecule has 0 aromatic carbocycles. The predicted molar refractivity (Wildman–Crippen MR) is 95.8 cm³/mol. The molecule has 0 bridgehead atoms. The standard InChI is InChI=1S/7C2HF3O2.12Ag/c7*3-2(4,5)1(6)7;;;;;;;;;;;;/h7*(H,6,7);;;;;;;;;;;;/q;;;;;;;12*+1. The molecule has 0 spiro atoms. The van der Waals surface area contributed by atoms with Gasteiger partial charge in [0.1, 0.15) is 0 Å². The Morgan fingerprint density at radius 2 is 0.197 bits per heavy atom. The van der Waals surface area contributed by atoms with Crippen LogP contribution in [0.5, 0.6) is 0 Å². The Kier molecular flexibility index (Phi) is 116. The second kappa shape index (κ2) is 56.3. The SMILES string of the molecule is O=C(O)C(F)(F)F.O=C(O)C(F)(F)F.O=C(O)C(F)(F)F.O=C(O)C(F)(F)F.O=C(O)C(F)(F)F.O=C(O)C(F)(F)F.O=C(O)C(F)(F)F.[Ag+].[Ag+].[Ag+].[Ag+].[Ag+].[Ag+].[Ag+].[Ag+].[Ag+].[Ag+].[Ag+].[Ag+]. The second-order valence-corrected chi connectivity index (χ2v) is 5.62. The summed E-state index contributed by atoms with van der Waals surface area (Å²) >= 11 is 0. The molecule has 0 aliphatic rings. The third-order valence-corrected chi connectivity index (χ3v) is 1.70. The molecule has 0 aromatic rings. The van der Waals surface area contributed by atoms with Gasteiger partial charge in [-0.15, -0.1) is 0 Å². The van der Waals surface area contributed by atoms with E-state index in [2.05, 4.69) is 0 Å². The molecule has 0 fully saturated rings. The van der Waals surface area contributed by atoms with Gasteiger partial charge in [0.2, 0.25) is 0 Å². The molecule has 0 amide bonds. The van der Waals surface area contributed by atoms with Gasteiger partial charge in [-0.25, -0.2) is 33.6 Å². The molecule has 0 radical (unpaired) electrons. The molecule has 414 valence electrons. The molecule has 61 heavy (non-hydrogen) atoms. The zero-order valence-corrected chi connectivity index (χ0v) is 42.3. The Hall–Kier alpha value is 3.70. The van der Waals surface area contributed by atoms with E-state index in [1.54, 1.807) is 0 Å². The van der Waals surface area contributed by atoms with Gasteiger partial charge in [0.15, 0.2) is 0 Å². The maximum Gasteiger partial charge on any atom is 1.00 e. The van der Waals surface area contributed by atoms with Crippen LogP contribution in [-0.4, -0.2) is 121 Å². The minimum atomic E-state index is -5.08. The summed E-state index contributed by atoms with van der Waals surface area (Å²) in [6, 6.07) is 0. The van der Waals surface area contributed by atoms with Crippen molar-refractivity contribution in [2.75, 3.05) is 0 Å². The zero-order chi connectivity index (χ0) is 42.5. The fourth-order valence-corrected chi connectivity index (χ4v) is 0. The number of rotatable bonds is 0. The van der Waals surface area contributed by atoms with E-state index < -0.39 is 85.0 Å². The first-order valence-corrected chi connectivity index (χ1v) is 8.71. The Morgan fingerprint density at radius 1 is 0.180 bits per heavy atom. The minimum Gasteiger partial charge on any atom is -0.475 e. The predicted octanol–water partition coefficient (Wildman–Crippen LogP) is 4.40. The van der Waals surface area contributed by atoms with Gasteiger partial charge in [-0.2, -0.15) is 92.2 Å². The van der Waals surface area contributed by atoms with Crippen molar-refractivity contribution in [3.63, 3.8) is 0 Å². The molecule has 0 aliphatic heterocycles. The van der Waals surface area contributed by atoms with Crippen molar-refractivity contribution in [1.29, 1.82) is 0 Å². The Bertz CT molecular complexity index is 863. The first kappa shape index (κ1) is 126.